The van der Waals surface area contributed by atoms with Crippen LogP contribution in [0.1, 0.15) is 30.6 Å². The van der Waals surface area contributed by atoms with Gasteiger partial charge < -0.3 is 14.5 Å². The van der Waals surface area contributed by atoms with Gasteiger partial charge in [0.05, 0.1) is 19.1 Å². The first-order chi connectivity index (χ1) is 14.4. The Labute approximate surface area is 179 Å². The van der Waals surface area contributed by atoms with Gasteiger partial charge in [-0.2, -0.15) is 0 Å². The fourth-order valence-electron chi connectivity index (χ4n) is 4.36. The van der Waals surface area contributed by atoms with E-state index in [0.29, 0.717) is 39.2 Å². The number of thiophene rings is 1. The van der Waals surface area contributed by atoms with Crippen molar-refractivity contribution in [2.45, 2.75) is 50.2 Å². The highest BCUT2D eigenvalue weighted by molar-refractivity contribution is 7.09. The molecule has 0 radical (unpaired) electrons. The minimum Gasteiger partial charge on any atom is -0.385 e. The Morgan fingerprint density at radius 2 is 2.10 bits per heavy atom. The van der Waals surface area contributed by atoms with Crippen LogP contribution < -0.4 is 0 Å². The van der Waals surface area contributed by atoms with Crippen LogP contribution in [0.5, 0.6) is 0 Å². The van der Waals surface area contributed by atoms with Crippen molar-refractivity contribution < 1.29 is 23.1 Å². The molecule has 0 bridgehead atoms. The lowest BCUT2D eigenvalue weighted by atomic mass is 10.0. The Balaban J connectivity index is 1.43. The van der Waals surface area contributed by atoms with Gasteiger partial charge in [0.2, 0.25) is 11.8 Å². The van der Waals surface area contributed by atoms with Gasteiger partial charge in [-0.3, -0.25) is 14.5 Å². The molecule has 2 amide bonds. The van der Waals surface area contributed by atoms with E-state index < -0.39 is 24.9 Å². The van der Waals surface area contributed by atoms with E-state index in [0.717, 1.165) is 17.7 Å². The molecule has 1 aromatic heterocycles. The van der Waals surface area contributed by atoms with Crippen molar-refractivity contribution in [2.75, 3.05) is 39.9 Å². The molecule has 0 unspecified atom stereocenters. The van der Waals surface area contributed by atoms with E-state index >= 15 is 0 Å². The van der Waals surface area contributed by atoms with Gasteiger partial charge in [-0.15, -0.1) is 11.3 Å². The average Bonchev–Trinajstić information content (AvgIpc) is 3.30. The first kappa shape index (κ1) is 21.6. The number of nitrogens with zero attached hydrogens (tertiary/aromatic N) is 3. The number of methoxy groups -OCH3 is 1. The molecule has 6 nitrogen and oxygen atoms in total. The predicted octanol–water partition coefficient (Wildman–Crippen LogP) is 2.44. The zero-order valence-corrected chi connectivity index (χ0v) is 18.1. The van der Waals surface area contributed by atoms with E-state index in [9.17, 15) is 18.4 Å². The van der Waals surface area contributed by atoms with Gasteiger partial charge in [0.1, 0.15) is 0 Å². The summed E-state index contributed by atoms with van der Waals surface area (Å²) in [5.74, 6) is -2.87. The molecule has 2 aliphatic heterocycles. The second kappa shape index (κ2) is 8.88. The molecule has 3 aliphatic rings. The third-order valence-electron chi connectivity index (χ3n) is 6.18. The largest absolute Gasteiger partial charge is 0.385 e. The van der Waals surface area contributed by atoms with Crippen LogP contribution in [0.15, 0.2) is 17.5 Å². The number of hydrogen-bond acceptors (Lipinski definition) is 5. The number of ether oxygens (including phenoxy) is 1. The minimum absolute atomic E-state index is 0.130. The normalized spacial score (nSPS) is 24.1. The number of hydrogen-bond donors (Lipinski definition) is 0. The zero-order valence-electron chi connectivity index (χ0n) is 17.3. The molecule has 30 heavy (non-hydrogen) atoms. The molecule has 3 heterocycles. The second-order valence-corrected chi connectivity index (χ2v) is 9.64. The van der Waals surface area contributed by atoms with Gasteiger partial charge in [-0.05, 0) is 30.7 Å². The van der Waals surface area contributed by atoms with Crippen LogP contribution in [-0.4, -0.2) is 84.4 Å². The Morgan fingerprint density at radius 1 is 1.33 bits per heavy atom. The lowest BCUT2D eigenvalue weighted by Gasteiger charge is -2.46. The Kier molecular flexibility index (Phi) is 6.41. The second-order valence-electron chi connectivity index (χ2n) is 8.61. The van der Waals surface area contributed by atoms with Gasteiger partial charge in [0.25, 0.3) is 5.92 Å². The van der Waals surface area contributed by atoms with Crippen LogP contribution in [0.2, 0.25) is 0 Å². The number of halogens is 2. The van der Waals surface area contributed by atoms with E-state index in [1.54, 1.807) is 33.1 Å². The molecule has 0 aromatic carbocycles. The zero-order chi connectivity index (χ0) is 21.3. The molecule has 1 atom stereocenters. The summed E-state index contributed by atoms with van der Waals surface area (Å²) in [5, 5.41) is 1.95. The van der Waals surface area contributed by atoms with Crippen LogP contribution in [0.25, 0.3) is 0 Å². The summed E-state index contributed by atoms with van der Waals surface area (Å²) < 4.78 is 33.8. The predicted molar refractivity (Wildman–Crippen MR) is 109 cm³/mol. The Hall–Kier alpha value is -1.58. The van der Waals surface area contributed by atoms with E-state index in [2.05, 4.69) is 0 Å². The lowest BCUT2D eigenvalue weighted by Crippen LogP contribution is -2.64. The van der Waals surface area contributed by atoms with Gasteiger partial charge >= 0.3 is 0 Å². The van der Waals surface area contributed by atoms with E-state index in [1.165, 1.54) is 0 Å². The Morgan fingerprint density at radius 3 is 2.73 bits per heavy atom. The highest BCUT2D eigenvalue weighted by Gasteiger charge is 2.54. The van der Waals surface area contributed by atoms with E-state index in [-0.39, 0.29) is 23.8 Å². The molecular formula is C21H29F2N3O3S. The topological polar surface area (TPSA) is 53.1 Å². The third-order valence-corrected chi connectivity index (χ3v) is 7.04. The first-order valence-corrected chi connectivity index (χ1v) is 11.5. The van der Waals surface area contributed by atoms with Crippen molar-refractivity contribution in [1.82, 2.24) is 14.7 Å². The van der Waals surface area contributed by atoms with Crippen molar-refractivity contribution in [3.63, 3.8) is 0 Å². The summed E-state index contributed by atoms with van der Waals surface area (Å²) in [6.07, 6.45) is 2.07. The van der Waals surface area contributed by atoms with Gasteiger partial charge in [0.15, 0.2) is 0 Å². The fourth-order valence-corrected chi connectivity index (χ4v) is 5.08. The molecule has 3 fully saturated rings. The molecular weight excluding hydrogens is 412 g/mol. The minimum atomic E-state index is -2.89. The fraction of sp³-hybridized carbons (Fsp3) is 0.714. The molecule has 1 aromatic rings. The molecule has 166 valence electrons. The van der Waals surface area contributed by atoms with Crippen molar-refractivity contribution in [2.24, 2.45) is 5.92 Å². The van der Waals surface area contributed by atoms with Crippen LogP contribution in [-0.2, 0) is 20.9 Å². The molecule has 0 spiro atoms. The van der Waals surface area contributed by atoms with Crippen molar-refractivity contribution in [1.29, 1.82) is 0 Å². The van der Waals surface area contributed by atoms with Crippen LogP contribution in [0.4, 0.5) is 8.78 Å². The molecule has 0 N–H and O–H groups in total. The lowest BCUT2D eigenvalue weighted by molar-refractivity contribution is -0.144. The molecule has 4 rings (SSSR count). The van der Waals surface area contributed by atoms with E-state index in [4.69, 9.17) is 4.74 Å². The van der Waals surface area contributed by atoms with Crippen LogP contribution in [0, 0.1) is 5.92 Å². The quantitative estimate of drug-likeness (QED) is 0.553. The maximum absolute atomic E-state index is 14.4. The number of carbonyl (C=O) groups is 2. The summed E-state index contributed by atoms with van der Waals surface area (Å²) in [6.45, 7) is 1.89. The number of alkyl halides is 2. The summed E-state index contributed by atoms with van der Waals surface area (Å²) in [5.41, 5.74) is 0. The van der Waals surface area contributed by atoms with E-state index in [1.807, 2.05) is 17.5 Å². The number of rotatable bonds is 9. The molecule has 9 heteroatoms. The Bertz CT molecular complexity index is 751. The van der Waals surface area contributed by atoms with Crippen LogP contribution in [0.3, 0.4) is 0 Å². The number of amides is 2. The summed E-state index contributed by atoms with van der Waals surface area (Å²) in [7, 11) is 1.61. The first-order valence-electron chi connectivity index (χ1n) is 10.6. The van der Waals surface area contributed by atoms with Crippen molar-refractivity contribution >= 4 is 23.2 Å². The van der Waals surface area contributed by atoms with Crippen LogP contribution >= 0.6 is 11.3 Å². The SMILES string of the molecule is COCCCN(Cc1cccs1)C(=O)[C@@H]1CC(F)(F)CN1C1CN(C(=O)C2CC2)C1. The third kappa shape index (κ3) is 4.84. The summed E-state index contributed by atoms with van der Waals surface area (Å²) >= 11 is 1.55. The average molecular weight is 442 g/mol. The summed E-state index contributed by atoms with van der Waals surface area (Å²) in [4.78, 5) is 31.7. The monoisotopic (exact) mass is 441 g/mol. The maximum Gasteiger partial charge on any atom is 0.262 e. The van der Waals surface area contributed by atoms with Gasteiger partial charge in [-0.25, -0.2) is 8.78 Å². The van der Waals surface area contributed by atoms with Crippen molar-refractivity contribution in [3.05, 3.63) is 22.4 Å². The summed E-state index contributed by atoms with van der Waals surface area (Å²) in [6, 6.07) is 2.87. The number of carbonyl (C=O) groups excluding carboxylic acids is 2. The van der Waals surface area contributed by atoms with Gasteiger partial charge in [-0.1, -0.05) is 6.07 Å². The highest BCUT2D eigenvalue weighted by Crippen LogP contribution is 2.38. The number of likely N-dealkylation sites (tertiary alicyclic amines) is 2. The highest BCUT2D eigenvalue weighted by atomic mass is 32.1. The smallest absolute Gasteiger partial charge is 0.262 e. The maximum atomic E-state index is 14.4. The van der Waals surface area contributed by atoms with Crippen molar-refractivity contribution in [3.8, 4) is 0 Å². The molecule has 2 saturated heterocycles. The molecule has 1 saturated carbocycles. The molecule has 1 aliphatic carbocycles. The van der Waals surface area contributed by atoms with Gasteiger partial charge in [0, 0.05) is 56.6 Å². The standard InChI is InChI=1S/C21H29F2N3O3S/c1-29-8-3-7-24(13-17-4-2-9-30-17)20(28)18-10-21(22,23)14-26(18)16-11-25(12-16)19(27)15-5-6-15/h2,4,9,15-16,18H,3,5-8,10-14H2,1H3/t18-/m0/s1.